The first-order chi connectivity index (χ1) is 8.90. The van der Waals surface area contributed by atoms with Crippen LogP contribution in [0.25, 0.3) is 0 Å². The maximum Gasteiger partial charge on any atom is 0.330 e. The van der Waals surface area contributed by atoms with Crippen molar-refractivity contribution in [2.45, 2.75) is 33.2 Å². The van der Waals surface area contributed by atoms with Crippen LogP contribution in [0.3, 0.4) is 0 Å². The molecule has 0 aliphatic rings. The first-order valence-corrected chi connectivity index (χ1v) is 6.58. The van der Waals surface area contributed by atoms with E-state index < -0.39 is 5.54 Å². The molecular formula is C15H22FNO2. The number of halogens is 1. The van der Waals surface area contributed by atoms with E-state index in [1.807, 2.05) is 0 Å². The third kappa shape index (κ3) is 4.03. The molecule has 0 saturated heterocycles. The minimum absolute atomic E-state index is 0.318. The Balaban J connectivity index is 3.03. The van der Waals surface area contributed by atoms with Crippen molar-refractivity contribution in [1.29, 1.82) is 0 Å². The van der Waals surface area contributed by atoms with Gasteiger partial charge in [0.1, 0.15) is 11.4 Å². The maximum absolute atomic E-state index is 13.0. The van der Waals surface area contributed by atoms with Crippen molar-refractivity contribution in [2.75, 3.05) is 13.2 Å². The van der Waals surface area contributed by atoms with Gasteiger partial charge >= 0.3 is 5.97 Å². The number of hydrogen-bond donors (Lipinski definition) is 1. The number of carbonyl (C=O) groups is 1. The number of ether oxygens (including phenoxy) is 1. The van der Waals surface area contributed by atoms with Crippen LogP contribution < -0.4 is 5.32 Å². The summed E-state index contributed by atoms with van der Waals surface area (Å²) in [6.07, 6.45) is 0. The van der Waals surface area contributed by atoms with E-state index in [0.29, 0.717) is 24.6 Å². The van der Waals surface area contributed by atoms with E-state index in [-0.39, 0.29) is 11.8 Å². The molecule has 0 fully saturated rings. The quantitative estimate of drug-likeness (QED) is 0.805. The van der Waals surface area contributed by atoms with Crippen LogP contribution in [0.5, 0.6) is 0 Å². The zero-order valence-corrected chi connectivity index (χ0v) is 12.0. The number of esters is 1. The summed E-state index contributed by atoms with van der Waals surface area (Å²) in [6, 6.07) is 5.92. The Kier molecular flexibility index (Phi) is 5.48. The van der Waals surface area contributed by atoms with E-state index in [0.717, 1.165) is 0 Å². The molecule has 3 nitrogen and oxygen atoms in total. The normalized spacial score (nSPS) is 14.2. The summed E-state index contributed by atoms with van der Waals surface area (Å²) in [5, 5.41) is 3.22. The Hall–Kier alpha value is -1.42. The SMILES string of the molecule is CCOC(=O)C(C)(NCC(C)C)c1ccc(F)cc1. The van der Waals surface area contributed by atoms with Crippen LogP contribution in [0, 0.1) is 11.7 Å². The second kappa shape index (κ2) is 6.66. The van der Waals surface area contributed by atoms with Gasteiger partial charge < -0.3 is 4.74 Å². The molecule has 1 rings (SSSR count). The Morgan fingerprint density at radius 1 is 1.37 bits per heavy atom. The molecule has 1 N–H and O–H groups in total. The molecule has 0 aliphatic heterocycles. The van der Waals surface area contributed by atoms with Crippen LogP contribution in [-0.2, 0) is 15.1 Å². The van der Waals surface area contributed by atoms with Crippen molar-refractivity contribution in [3.63, 3.8) is 0 Å². The smallest absolute Gasteiger partial charge is 0.330 e. The van der Waals surface area contributed by atoms with Crippen LogP contribution in [0.4, 0.5) is 4.39 Å². The van der Waals surface area contributed by atoms with Gasteiger partial charge in [-0.1, -0.05) is 26.0 Å². The predicted octanol–water partition coefficient (Wildman–Crippen LogP) is 2.85. The Bertz CT molecular complexity index is 417. The van der Waals surface area contributed by atoms with E-state index in [1.165, 1.54) is 12.1 Å². The largest absolute Gasteiger partial charge is 0.464 e. The minimum atomic E-state index is -0.950. The molecule has 0 amide bonds. The van der Waals surface area contributed by atoms with Gasteiger partial charge in [0, 0.05) is 0 Å². The lowest BCUT2D eigenvalue weighted by Crippen LogP contribution is -2.49. The van der Waals surface area contributed by atoms with Crippen molar-refractivity contribution < 1.29 is 13.9 Å². The molecule has 0 saturated carbocycles. The zero-order valence-electron chi connectivity index (χ0n) is 12.0. The van der Waals surface area contributed by atoms with Gasteiger partial charge in [0.05, 0.1) is 6.61 Å². The van der Waals surface area contributed by atoms with Crippen LogP contribution in [-0.4, -0.2) is 19.1 Å². The van der Waals surface area contributed by atoms with Crippen LogP contribution in [0.15, 0.2) is 24.3 Å². The molecule has 19 heavy (non-hydrogen) atoms. The van der Waals surface area contributed by atoms with E-state index in [1.54, 1.807) is 26.0 Å². The fourth-order valence-electron chi connectivity index (χ4n) is 1.76. The summed E-state index contributed by atoms with van der Waals surface area (Å²) < 4.78 is 18.1. The second-order valence-electron chi connectivity index (χ2n) is 5.13. The van der Waals surface area contributed by atoms with E-state index in [2.05, 4.69) is 19.2 Å². The number of carbonyl (C=O) groups excluding carboxylic acids is 1. The number of benzene rings is 1. The monoisotopic (exact) mass is 267 g/mol. The molecule has 1 unspecified atom stereocenters. The highest BCUT2D eigenvalue weighted by Gasteiger charge is 2.36. The molecule has 4 heteroatoms. The average Bonchev–Trinajstić information content (AvgIpc) is 2.37. The summed E-state index contributed by atoms with van der Waals surface area (Å²) in [5.74, 6) is -0.268. The standard InChI is InChI=1S/C15H22FNO2/c1-5-19-14(18)15(4,17-10-11(2)3)12-6-8-13(16)9-7-12/h6-9,11,17H,5,10H2,1-4H3. The van der Waals surface area contributed by atoms with Gasteiger partial charge in [-0.05, 0) is 44.0 Å². The van der Waals surface area contributed by atoms with Gasteiger partial charge in [-0.3, -0.25) is 5.32 Å². The number of nitrogens with one attached hydrogen (secondary N) is 1. The summed E-state index contributed by atoms with van der Waals surface area (Å²) in [6.45, 7) is 8.64. The van der Waals surface area contributed by atoms with Crippen molar-refractivity contribution in [1.82, 2.24) is 5.32 Å². The highest BCUT2D eigenvalue weighted by Crippen LogP contribution is 2.23. The van der Waals surface area contributed by atoms with Gasteiger partial charge in [0.2, 0.25) is 0 Å². The summed E-state index contributed by atoms with van der Waals surface area (Å²) in [7, 11) is 0. The molecule has 0 heterocycles. The second-order valence-corrected chi connectivity index (χ2v) is 5.13. The topological polar surface area (TPSA) is 38.3 Å². The average molecular weight is 267 g/mol. The summed E-state index contributed by atoms with van der Waals surface area (Å²) in [4.78, 5) is 12.2. The Morgan fingerprint density at radius 2 is 1.95 bits per heavy atom. The molecule has 0 bridgehead atoms. The van der Waals surface area contributed by atoms with Crippen molar-refractivity contribution >= 4 is 5.97 Å². The zero-order chi connectivity index (χ0) is 14.5. The summed E-state index contributed by atoms with van der Waals surface area (Å²) in [5.41, 5.74) is -0.249. The number of hydrogen-bond acceptors (Lipinski definition) is 3. The van der Waals surface area contributed by atoms with Gasteiger partial charge in [0.15, 0.2) is 0 Å². The molecule has 0 radical (unpaired) electrons. The van der Waals surface area contributed by atoms with Crippen molar-refractivity contribution in [3.8, 4) is 0 Å². The van der Waals surface area contributed by atoms with Crippen LogP contribution in [0.2, 0.25) is 0 Å². The fraction of sp³-hybridized carbons (Fsp3) is 0.533. The number of rotatable bonds is 6. The first kappa shape index (κ1) is 15.6. The maximum atomic E-state index is 13.0. The molecule has 0 aromatic heterocycles. The third-order valence-corrected chi connectivity index (χ3v) is 2.97. The van der Waals surface area contributed by atoms with Crippen LogP contribution in [0.1, 0.15) is 33.3 Å². The minimum Gasteiger partial charge on any atom is -0.464 e. The highest BCUT2D eigenvalue weighted by atomic mass is 19.1. The van der Waals surface area contributed by atoms with Gasteiger partial charge in [-0.15, -0.1) is 0 Å². The third-order valence-electron chi connectivity index (χ3n) is 2.97. The fourth-order valence-corrected chi connectivity index (χ4v) is 1.76. The first-order valence-electron chi connectivity index (χ1n) is 6.58. The lowest BCUT2D eigenvalue weighted by molar-refractivity contribution is -0.151. The molecule has 1 aromatic carbocycles. The summed E-state index contributed by atoms with van der Waals surface area (Å²) >= 11 is 0. The van der Waals surface area contributed by atoms with Gasteiger partial charge in [0.25, 0.3) is 0 Å². The molecule has 1 aromatic rings. The predicted molar refractivity (Wildman–Crippen MR) is 73.2 cm³/mol. The Labute approximate surface area is 114 Å². The molecule has 0 aliphatic carbocycles. The molecule has 0 spiro atoms. The molecule has 106 valence electrons. The van der Waals surface area contributed by atoms with E-state index in [9.17, 15) is 9.18 Å². The Morgan fingerprint density at radius 3 is 2.42 bits per heavy atom. The van der Waals surface area contributed by atoms with E-state index in [4.69, 9.17) is 4.74 Å². The molecular weight excluding hydrogens is 245 g/mol. The van der Waals surface area contributed by atoms with Gasteiger partial charge in [-0.25, -0.2) is 9.18 Å². The van der Waals surface area contributed by atoms with Crippen molar-refractivity contribution in [3.05, 3.63) is 35.6 Å². The lowest BCUT2D eigenvalue weighted by Gasteiger charge is -2.30. The molecule has 1 atom stereocenters. The van der Waals surface area contributed by atoms with Crippen LogP contribution >= 0.6 is 0 Å². The van der Waals surface area contributed by atoms with E-state index >= 15 is 0 Å². The lowest BCUT2D eigenvalue weighted by atomic mass is 9.91. The van der Waals surface area contributed by atoms with Gasteiger partial charge in [-0.2, -0.15) is 0 Å². The van der Waals surface area contributed by atoms with Crippen molar-refractivity contribution in [2.24, 2.45) is 5.92 Å². The highest BCUT2D eigenvalue weighted by molar-refractivity contribution is 5.82.